The van der Waals surface area contributed by atoms with Crippen molar-refractivity contribution in [2.75, 3.05) is 20.8 Å². The Balaban J connectivity index is 1.92. The second-order valence-corrected chi connectivity index (χ2v) is 8.04. The van der Waals surface area contributed by atoms with Crippen molar-refractivity contribution in [3.05, 3.63) is 59.7 Å². The Morgan fingerprint density at radius 1 is 1.08 bits per heavy atom. The highest BCUT2D eigenvalue weighted by Gasteiger charge is 2.36. The minimum atomic E-state index is -3.42. The lowest BCUT2D eigenvalue weighted by Gasteiger charge is -2.26. The van der Waals surface area contributed by atoms with Crippen LogP contribution in [0.15, 0.2) is 48.5 Å². The van der Waals surface area contributed by atoms with Gasteiger partial charge in [0.05, 0.1) is 26.0 Å². The van der Waals surface area contributed by atoms with Crippen molar-refractivity contribution in [3.63, 3.8) is 0 Å². The van der Waals surface area contributed by atoms with Crippen molar-refractivity contribution < 1.29 is 17.9 Å². The van der Waals surface area contributed by atoms with E-state index in [0.717, 1.165) is 24.0 Å². The molecule has 0 N–H and O–H groups in total. The summed E-state index contributed by atoms with van der Waals surface area (Å²) in [4.78, 5) is 0. The molecule has 1 aliphatic heterocycles. The number of ether oxygens (including phenoxy) is 2. The molecule has 6 heteroatoms. The molecule has 0 aromatic heterocycles. The fourth-order valence-corrected chi connectivity index (χ4v) is 5.14. The number of hydrogen-bond donors (Lipinski definition) is 0. The Bertz CT molecular complexity index is 821. The van der Waals surface area contributed by atoms with Gasteiger partial charge in [0.25, 0.3) is 0 Å². The normalized spacial score (nSPS) is 18.2. The van der Waals surface area contributed by atoms with Gasteiger partial charge >= 0.3 is 0 Å². The van der Waals surface area contributed by atoms with Crippen molar-refractivity contribution in [1.29, 1.82) is 0 Å². The van der Waals surface area contributed by atoms with Gasteiger partial charge in [-0.05, 0) is 36.6 Å². The first-order valence-corrected chi connectivity index (χ1v) is 9.91. The minimum absolute atomic E-state index is 0.0105. The van der Waals surface area contributed by atoms with Crippen molar-refractivity contribution in [2.45, 2.75) is 24.6 Å². The lowest BCUT2D eigenvalue weighted by molar-refractivity contribution is 0.361. The zero-order valence-corrected chi connectivity index (χ0v) is 15.3. The van der Waals surface area contributed by atoms with Gasteiger partial charge in [-0.25, -0.2) is 8.42 Å². The number of sulfonamides is 1. The summed E-state index contributed by atoms with van der Waals surface area (Å²) in [7, 11) is -0.216. The molecule has 0 spiro atoms. The van der Waals surface area contributed by atoms with E-state index < -0.39 is 10.0 Å². The molecule has 1 saturated heterocycles. The minimum Gasteiger partial charge on any atom is -0.497 e. The maximum absolute atomic E-state index is 13.0. The van der Waals surface area contributed by atoms with Gasteiger partial charge in [0.1, 0.15) is 11.5 Å². The van der Waals surface area contributed by atoms with Crippen molar-refractivity contribution in [1.82, 2.24) is 4.31 Å². The summed E-state index contributed by atoms with van der Waals surface area (Å²) in [5, 5.41) is 0. The van der Waals surface area contributed by atoms with Crippen LogP contribution in [0.1, 0.15) is 30.0 Å². The van der Waals surface area contributed by atoms with Gasteiger partial charge in [-0.2, -0.15) is 4.31 Å². The van der Waals surface area contributed by atoms with Crippen LogP contribution in [0.4, 0.5) is 0 Å². The fraction of sp³-hybridized carbons (Fsp3) is 0.368. The van der Waals surface area contributed by atoms with Crippen molar-refractivity contribution in [3.8, 4) is 11.5 Å². The molecule has 1 aliphatic rings. The Hall–Kier alpha value is -2.05. The third kappa shape index (κ3) is 3.80. The van der Waals surface area contributed by atoms with Gasteiger partial charge < -0.3 is 9.47 Å². The van der Waals surface area contributed by atoms with Crippen LogP contribution in [-0.2, 0) is 15.8 Å². The van der Waals surface area contributed by atoms with Crippen LogP contribution < -0.4 is 9.47 Å². The van der Waals surface area contributed by atoms with Crippen LogP contribution in [0.2, 0.25) is 0 Å². The van der Waals surface area contributed by atoms with Gasteiger partial charge in [0.15, 0.2) is 0 Å². The van der Waals surface area contributed by atoms with E-state index in [1.54, 1.807) is 18.5 Å². The molecule has 5 nitrogen and oxygen atoms in total. The molecular weight excluding hydrogens is 338 g/mol. The maximum Gasteiger partial charge on any atom is 0.218 e. The van der Waals surface area contributed by atoms with Gasteiger partial charge in [-0.3, -0.25) is 0 Å². The van der Waals surface area contributed by atoms with Crippen LogP contribution >= 0.6 is 0 Å². The Kier molecular flexibility index (Phi) is 5.30. The molecule has 0 unspecified atom stereocenters. The molecule has 2 aromatic carbocycles. The number of nitrogens with zero attached hydrogens (tertiary/aromatic N) is 1. The average Bonchev–Trinajstić information content (AvgIpc) is 3.12. The number of hydrogen-bond acceptors (Lipinski definition) is 4. The van der Waals surface area contributed by atoms with Crippen LogP contribution in [0.3, 0.4) is 0 Å². The zero-order chi connectivity index (χ0) is 17.9. The Morgan fingerprint density at radius 2 is 1.84 bits per heavy atom. The third-order valence-corrected chi connectivity index (χ3v) is 6.40. The molecule has 3 rings (SSSR count). The lowest BCUT2D eigenvalue weighted by Crippen LogP contribution is -2.32. The second kappa shape index (κ2) is 7.45. The van der Waals surface area contributed by atoms with Gasteiger partial charge in [-0.1, -0.05) is 30.3 Å². The molecule has 0 bridgehead atoms. The standard InChI is InChI=1S/C19H23NO4S/c1-23-16-10-11-19(24-2)17(13-16)18-9-6-12-20(18)25(21,22)14-15-7-4-3-5-8-15/h3-5,7-8,10-11,13,18H,6,9,12,14H2,1-2H3/t18-/m0/s1. The highest BCUT2D eigenvalue weighted by molar-refractivity contribution is 7.88. The lowest BCUT2D eigenvalue weighted by atomic mass is 10.0. The van der Waals surface area contributed by atoms with Gasteiger partial charge in [0.2, 0.25) is 10.0 Å². The first-order chi connectivity index (χ1) is 12.0. The number of methoxy groups -OCH3 is 2. The predicted octanol–water partition coefficient (Wildman–Crippen LogP) is 3.37. The van der Waals surface area contributed by atoms with E-state index in [-0.39, 0.29) is 11.8 Å². The maximum atomic E-state index is 13.0. The summed E-state index contributed by atoms with van der Waals surface area (Å²) in [6, 6.07) is 14.6. The quantitative estimate of drug-likeness (QED) is 0.792. The van der Waals surface area contributed by atoms with E-state index in [4.69, 9.17) is 9.47 Å². The number of rotatable bonds is 6. The molecule has 1 fully saturated rings. The van der Waals surface area contributed by atoms with E-state index in [9.17, 15) is 8.42 Å². The first-order valence-electron chi connectivity index (χ1n) is 8.30. The summed E-state index contributed by atoms with van der Waals surface area (Å²) in [6.45, 7) is 0.528. The van der Waals surface area contributed by atoms with Crippen molar-refractivity contribution >= 4 is 10.0 Å². The monoisotopic (exact) mass is 361 g/mol. The smallest absolute Gasteiger partial charge is 0.218 e. The Labute approximate surface area is 149 Å². The van der Waals surface area contributed by atoms with Crippen LogP contribution in [-0.4, -0.2) is 33.5 Å². The molecule has 25 heavy (non-hydrogen) atoms. The molecular formula is C19H23NO4S. The zero-order valence-electron chi connectivity index (χ0n) is 14.5. The SMILES string of the molecule is COc1ccc(OC)c([C@@H]2CCCN2S(=O)(=O)Cc2ccccc2)c1. The average molecular weight is 361 g/mol. The third-order valence-electron chi connectivity index (χ3n) is 4.55. The van der Waals surface area contributed by atoms with E-state index in [1.165, 1.54) is 0 Å². The second-order valence-electron chi connectivity index (χ2n) is 6.12. The molecule has 0 saturated carbocycles. The molecule has 1 atom stereocenters. The topological polar surface area (TPSA) is 55.8 Å². The summed E-state index contributed by atoms with van der Waals surface area (Å²) in [6.07, 6.45) is 1.61. The van der Waals surface area contributed by atoms with Crippen molar-refractivity contribution in [2.24, 2.45) is 0 Å². The Morgan fingerprint density at radius 3 is 2.52 bits per heavy atom. The highest BCUT2D eigenvalue weighted by Crippen LogP contribution is 2.40. The summed E-state index contributed by atoms with van der Waals surface area (Å²) in [5.41, 5.74) is 1.65. The highest BCUT2D eigenvalue weighted by atomic mass is 32.2. The summed E-state index contributed by atoms with van der Waals surface area (Å²) >= 11 is 0. The molecule has 0 radical (unpaired) electrons. The molecule has 1 heterocycles. The van der Waals surface area contributed by atoms with E-state index in [1.807, 2.05) is 48.5 Å². The largest absolute Gasteiger partial charge is 0.497 e. The molecule has 0 amide bonds. The van der Waals surface area contributed by atoms with E-state index in [2.05, 4.69) is 0 Å². The van der Waals surface area contributed by atoms with E-state index in [0.29, 0.717) is 18.0 Å². The number of benzene rings is 2. The fourth-order valence-electron chi connectivity index (χ4n) is 3.35. The predicted molar refractivity (Wildman–Crippen MR) is 97.3 cm³/mol. The van der Waals surface area contributed by atoms with Gasteiger partial charge in [0, 0.05) is 12.1 Å². The van der Waals surface area contributed by atoms with Crippen LogP contribution in [0.25, 0.3) is 0 Å². The summed E-state index contributed by atoms with van der Waals surface area (Å²) < 4.78 is 38.4. The van der Waals surface area contributed by atoms with Crippen LogP contribution in [0, 0.1) is 0 Å². The molecule has 134 valence electrons. The molecule has 2 aromatic rings. The first kappa shape index (κ1) is 17.8. The van der Waals surface area contributed by atoms with Gasteiger partial charge in [-0.15, -0.1) is 0 Å². The van der Waals surface area contributed by atoms with E-state index >= 15 is 0 Å². The van der Waals surface area contributed by atoms with Crippen LogP contribution in [0.5, 0.6) is 11.5 Å². The summed E-state index contributed by atoms with van der Waals surface area (Å²) in [5.74, 6) is 1.40. The molecule has 0 aliphatic carbocycles.